The predicted molar refractivity (Wildman–Crippen MR) is 70.5 cm³/mol. The van der Waals surface area contributed by atoms with Crippen LogP contribution in [0.2, 0.25) is 0 Å². The standard InChI is InChI=1S/C14H18N4/c1-10-6-11(8-15)7-14(16-10)18-5-4-12-2-3-13(9-18)17-12/h6-7,12-13,17H,2-5,9H2,1H3. The van der Waals surface area contributed by atoms with Gasteiger partial charge in [0.15, 0.2) is 0 Å². The summed E-state index contributed by atoms with van der Waals surface area (Å²) in [6.07, 6.45) is 3.75. The van der Waals surface area contributed by atoms with Crippen LogP contribution in [0.25, 0.3) is 0 Å². The number of anilines is 1. The molecule has 0 spiro atoms. The molecule has 0 radical (unpaired) electrons. The molecule has 3 rings (SSSR count). The van der Waals surface area contributed by atoms with Crippen molar-refractivity contribution < 1.29 is 0 Å². The van der Waals surface area contributed by atoms with Gasteiger partial charge in [-0.05, 0) is 38.3 Å². The van der Waals surface area contributed by atoms with Crippen molar-refractivity contribution in [2.24, 2.45) is 0 Å². The number of hydrogen-bond donors (Lipinski definition) is 1. The highest BCUT2D eigenvalue weighted by molar-refractivity contribution is 5.47. The summed E-state index contributed by atoms with van der Waals surface area (Å²) in [5.74, 6) is 0.959. The van der Waals surface area contributed by atoms with E-state index < -0.39 is 0 Å². The van der Waals surface area contributed by atoms with Gasteiger partial charge in [-0.3, -0.25) is 0 Å². The zero-order valence-corrected chi connectivity index (χ0v) is 10.7. The highest BCUT2D eigenvalue weighted by Gasteiger charge is 2.29. The van der Waals surface area contributed by atoms with Crippen LogP contribution in [0.4, 0.5) is 5.82 Å². The van der Waals surface area contributed by atoms with Gasteiger partial charge < -0.3 is 10.2 Å². The fraction of sp³-hybridized carbons (Fsp3) is 0.571. The van der Waals surface area contributed by atoms with Crippen molar-refractivity contribution in [1.82, 2.24) is 10.3 Å². The molecule has 3 heterocycles. The summed E-state index contributed by atoms with van der Waals surface area (Å²) in [5, 5.41) is 12.7. The smallest absolute Gasteiger partial charge is 0.130 e. The molecular weight excluding hydrogens is 224 g/mol. The molecule has 2 bridgehead atoms. The first-order chi connectivity index (χ1) is 8.74. The molecule has 4 heteroatoms. The second-order valence-electron chi connectivity index (χ2n) is 5.34. The maximum Gasteiger partial charge on any atom is 0.130 e. The van der Waals surface area contributed by atoms with Crippen LogP contribution in [0.15, 0.2) is 12.1 Å². The fourth-order valence-corrected chi connectivity index (χ4v) is 3.03. The number of nitrogens with zero attached hydrogens (tertiary/aromatic N) is 3. The zero-order valence-electron chi connectivity index (χ0n) is 10.7. The highest BCUT2D eigenvalue weighted by atomic mass is 15.2. The number of aryl methyl sites for hydroxylation is 1. The average Bonchev–Trinajstić information content (AvgIpc) is 2.68. The van der Waals surface area contributed by atoms with E-state index in [0.29, 0.717) is 17.6 Å². The van der Waals surface area contributed by atoms with Gasteiger partial charge in [0.05, 0.1) is 11.6 Å². The number of fused-ring (bicyclic) bond motifs is 2. The number of pyridine rings is 1. The summed E-state index contributed by atoms with van der Waals surface area (Å²) in [6, 6.07) is 7.23. The van der Waals surface area contributed by atoms with Gasteiger partial charge in [0, 0.05) is 30.9 Å². The van der Waals surface area contributed by atoms with Crippen LogP contribution in [-0.2, 0) is 0 Å². The number of rotatable bonds is 1. The molecule has 4 nitrogen and oxygen atoms in total. The molecule has 94 valence electrons. The molecule has 0 aliphatic carbocycles. The zero-order chi connectivity index (χ0) is 12.5. The Bertz CT molecular complexity index is 491. The van der Waals surface area contributed by atoms with Gasteiger partial charge in [0.2, 0.25) is 0 Å². The summed E-state index contributed by atoms with van der Waals surface area (Å²) < 4.78 is 0. The predicted octanol–water partition coefficient (Wildman–Crippen LogP) is 1.59. The molecule has 2 saturated heterocycles. The molecule has 2 aliphatic rings. The van der Waals surface area contributed by atoms with Gasteiger partial charge in [-0.2, -0.15) is 5.26 Å². The summed E-state index contributed by atoms with van der Waals surface area (Å²) >= 11 is 0. The van der Waals surface area contributed by atoms with E-state index in [2.05, 4.69) is 21.3 Å². The van der Waals surface area contributed by atoms with Crippen molar-refractivity contribution >= 4 is 5.82 Å². The van der Waals surface area contributed by atoms with Crippen LogP contribution in [0.5, 0.6) is 0 Å². The lowest BCUT2D eigenvalue weighted by molar-refractivity contribution is 0.563. The van der Waals surface area contributed by atoms with E-state index in [4.69, 9.17) is 5.26 Å². The molecule has 2 unspecified atom stereocenters. The van der Waals surface area contributed by atoms with Gasteiger partial charge in [-0.1, -0.05) is 0 Å². The van der Waals surface area contributed by atoms with Crippen LogP contribution in [0.1, 0.15) is 30.5 Å². The van der Waals surface area contributed by atoms with Gasteiger partial charge in [-0.15, -0.1) is 0 Å². The third-order valence-corrected chi connectivity index (χ3v) is 3.92. The normalized spacial score (nSPS) is 26.8. The minimum Gasteiger partial charge on any atom is -0.355 e. The Morgan fingerprint density at radius 2 is 2.17 bits per heavy atom. The average molecular weight is 242 g/mol. The first-order valence-corrected chi connectivity index (χ1v) is 6.64. The molecule has 0 saturated carbocycles. The number of hydrogen-bond acceptors (Lipinski definition) is 4. The summed E-state index contributed by atoms with van der Waals surface area (Å²) in [7, 11) is 0. The third-order valence-electron chi connectivity index (χ3n) is 3.92. The summed E-state index contributed by atoms with van der Waals surface area (Å²) in [4.78, 5) is 6.90. The molecule has 2 atom stereocenters. The SMILES string of the molecule is Cc1cc(C#N)cc(N2CCC3CCC(C2)N3)n1. The van der Waals surface area contributed by atoms with Crippen LogP contribution in [0.3, 0.4) is 0 Å². The van der Waals surface area contributed by atoms with E-state index >= 15 is 0 Å². The number of nitrogens with one attached hydrogen (secondary N) is 1. The molecule has 1 aromatic rings. The van der Waals surface area contributed by atoms with E-state index in [0.717, 1.165) is 24.6 Å². The van der Waals surface area contributed by atoms with E-state index in [1.165, 1.54) is 19.3 Å². The van der Waals surface area contributed by atoms with Crippen molar-refractivity contribution in [1.29, 1.82) is 5.26 Å². The lowest BCUT2D eigenvalue weighted by Crippen LogP contribution is -2.35. The molecule has 1 aromatic heterocycles. The topological polar surface area (TPSA) is 52.0 Å². The Kier molecular flexibility index (Phi) is 2.92. The van der Waals surface area contributed by atoms with E-state index in [-0.39, 0.29) is 0 Å². The molecule has 0 aromatic carbocycles. The number of aromatic nitrogens is 1. The van der Waals surface area contributed by atoms with Crippen LogP contribution in [-0.4, -0.2) is 30.2 Å². The van der Waals surface area contributed by atoms with Crippen molar-refractivity contribution in [3.05, 3.63) is 23.4 Å². The summed E-state index contributed by atoms with van der Waals surface area (Å²) in [6.45, 7) is 4.00. The van der Waals surface area contributed by atoms with Crippen molar-refractivity contribution in [3.8, 4) is 6.07 Å². The van der Waals surface area contributed by atoms with E-state index in [1.807, 2.05) is 19.1 Å². The van der Waals surface area contributed by atoms with Gasteiger partial charge in [-0.25, -0.2) is 4.98 Å². The minimum absolute atomic E-state index is 0.588. The molecule has 18 heavy (non-hydrogen) atoms. The van der Waals surface area contributed by atoms with Crippen molar-refractivity contribution in [2.75, 3.05) is 18.0 Å². The Labute approximate surface area is 108 Å². The quantitative estimate of drug-likeness (QED) is 0.812. The largest absolute Gasteiger partial charge is 0.355 e. The molecule has 2 aliphatic heterocycles. The van der Waals surface area contributed by atoms with Crippen molar-refractivity contribution in [3.63, 3.8) is 0 Å². The Morgan fingerprint density at radius 1 is 1.33 bits per heavy atom. The van der Waals surface area contributed by atoms with Crippen LogP contribution in [0, 0.1) is 18.3 Å². The van der Waals surface area contributed by atoms with E-state index in [1.54, 1.807) is 0 Å². The lowest BCUT2D eigenvalue weighted by Gasteiger charge is -2.25. The first kappa shape index (κ1) is 11.5. The lowest BCUT2D eigenvalue weighted by atomic mass is 10.1. The first-order valence-electron chi connectivity index (χ1n) is 6.64. The Hall–Kier alpha value is -1.60. The second kappa shape index (κ2) is 4.58. The second-order valence-corrected chi connectivity index (χ2v) is 5.34. The van der Waals surface area contributed by atoms with Gasteiger partial charge in [0.25, 0.3) is 0 Å². The van der Waals surface area contributed by atoms with Crippen molar-refractivity contribution in [2.45, 2.75) is 38.3 Å². The van der Waals surface area contributed by atoms with Crippen LogP contribution >= 0.6 is 0 Å². The van der Waals surface area contributed by atoms with Gasteiger partial charge in [0.1, 0.15) is 5.82 Å². The Balaban J connectivity index is 1.86. The maximum atomic E-state index is 9.04. The third kappa shape index (κ3) is 2.19. The molecule has 2 fully saturated rings. The highest BCUT2D eigenvalue weighted by Crippen LogP contribution is 2.24. The maximum absolute atomic E-state index is 9.04. The summed E-state index contributed by atoms with van der Waals surface area (Å²) in [5.41, 5.74) is 1.63. The van der Waals surface area contributed by atoms with Gasteiger partial charge >= 0.3 is 0 Å². The molecular formula is C14H18N4. The van der Waals surface area contributed by atoms with E-state index in [9.17, 15) is 0 Å². The minimum atomic E-state index is 0.588. The molecule has 0 amide bonds. The Morgan fingerprint density at radius 3 is 3.00 bits per heavy atom. The number of nitriles is 1. The molecule has 1 N–H and O–H groups in total. The van der Waals surface area contributed by atoms with Crippen LogP contribution < -0.4 is 10.2 Å². The monoisotopic (exact) mass is 242 g/mol. The fourth-order valence-electron chi connectivity index (χ4n) is 3.03.